The van der Waals surface area contributed by atoms with Crippen LogP contribution < -0.4 is 11.3 Å². The Hall–Kier alpha value is -1.24. The predicted molar refractivity (Wildman–Crippen MR) is 77.1 cm³/mol. The largest absolute Gasteiger partial charge is 0.370 e. The van der Waals surface area contributed by atoms with Crippen LogP contribution in [0, 0.1) is 6.92 Å². The summed E-state index contributed by atoms with van der Waals surface area (Å²) in [4.78, 5) is 11.5. The van der Waals surface area contributed by atoms with E-state index in [-0.39, 0.29) is 5.60 Å². The van der Waals surface area contributed by atoms with Gasteiger partial charge in [0.2, 0.25) is 0 Å². The number of rotatable bonds is 3. The van der Waals surface area contributed by atoms with Gasteiger partial charge in [0, 0.05) is 12.0 Å². The van der Waals surface area contributed by atoms with E-state index in [1.165, 1.54) is 4.88 Å². The first-order valence-electron chi connectivity index (χ1n) is 6.49. The van der Waals surface area contributed by atoms with E-state index in [9.17, 15) is 0 Å². The first kappa shape index (κ1) is 12.8. The first-order chi connectivity index (χ1) is 9.18. The van der Waals surface area contributed by atoms with Crippen LogP contribution >= 0.6 is 11.3 Å². The Morgan fingerprint density at radius 1 is 1.37 bits per heavy atom. The van der Waals surface area contributed by atoms with E-state index < -0.39 is 0 Å². The maximum absolute atomic E-state index is 5.75. The van der Waals surface area contributed by atoms with Crippen molar-refractivity contribution in [1.29, 1.82) is 0 Å². The molecule has 0 radical (unpaired) electrons. The normalized spacial score (nSPS) is 18.1. The molecule has 5 nitrogen and oxygen atoms in total. The summed E-state index contributed by atoms with van der Waals surface area (Å²) in [5.74, 6) is 7.05. The smallest absolute Gasteiger partial charge is 0.164 e. The summed E-state index contributed by atoms with van der Waals surface area (Å²) in [5.41, 5.74) is 2.35. The number of nitrogens with one attached hydrogen (secondary N) is 1. The lowest BCUT2D eigenvalue weighted by Crippen LogP contribution is -2.28. The van der Waals surface area contributed by atoms with Crippen LogP contribution in [0.15, 0.2) is 6.07 Å². The quantitative estimate of drug-likeness (QED) is 0.667. The van der Waals surface area contributed by atoms with Gasteiger partial charge in [0.25, 0.3) is 0 Å². The molecule has 1 aliphatic carbocycles. The van der Waals surface area contributed by atoms with Gasteiger partial charge in [-0.2, -0.15) is 0 Å². The highest BCUT2D eigenvalue weighted by molar-refractivity contribution is 7.18. The maximum atomic E-state index is 5.75. The Balaban J connectivity index is 2.18. The lowest BCUT2D eigenvalue weighted by molar-refractivity contribution is -0.0158. The highest BCUT2D eigenvalue weighted by atomic mass is 32.1. The Morgan fingerprint density at radius 2 is 2.11 bits per heavy atom. The summed E-state index contributed by atoms with van der Waals surface area (Å²) in [6.45, 7) is 2.06. The number of hydrogen-bond acceptors (Lipinski definition) is 6. The van der Waals surface area contributed by atoms with Gasteiger partial charge in [-0.05, 0) is 38.7 Å². The van der Waals surface area contributed by atoms with Gasteiger partial charge in [-0.3, -0.25) is 0 Å². The molecule has 0 spiro atoms. The van der Waals surface area contributed by atoms with Gasteiger partial charge in [-0.25, -0.2) is 15.8 Å². The number of nitrogens with zero attached hydrogens (tertiary/aromatic N) is 2. The lowest BCUT2D eigenvalue weighted by atomic mass is 10.0. The Labute approximate surface area is 116 Å². The van der Waals surface area contributed by atoms with Crippen LogP contribution in [0.3, 0.4) is 0 Å². The van der Waals surface area contributed by atoms with E-state index in [4.69, 9.17) is 15.6 Å². The molecule has 0 bridgehead atoms. The highest BCUT2D eigenvalue weighted by Crippen LogP contribution is 2.41. The number of anilines is 1. The number of ether oxygens (including phenoxy) is 1. The molecule has 0 amide bonds. The van der Waals surface area contributed by atoms with Crippen LogP contribution in [0.5, 0.6) is 0 Å². The molecular formula is C13H18N4OS. The molecule has 3 rings (SSSR count). The number of hydrazine groups is 1. The Morgan fingerprint density at radius 3 is 2.74 bits per heavy atom. The second kappa shape index (κ2) is 4.70. The van der Waals surface area contributed by atoms with Crippen LogP contribution in [0.1, 0.15) is 36.4 Å². The number of nitrogen functional groups attached to an aromatic ring is 1. The van der Waals surface area contributed by atoms with Crippen LogP contribution in [-0.2, 0) is 10.3 Å². The van der Waals surface area contributed by atoms with E-state index in [0.717, 1.165) is 41.7 Å². The van der Waals surface area contributed by atoms with Crippen molar-refractivity contribution in [2.24, 2.45) is 5.84 Å². The zero-order valence-electron chi connectivity index (χ0n) is 11.2. The van der Waals surface area contributed by atoms with Gasteiger partial charge >= 0.3 is 0 Å². The molecule has 3 N–H and O–H groups in total. The Bertz CT molecular complexity index is 604. The van der Waals surface area contributed by atoms with Crippen molar-refractivity contribution in [2.75, 3.05) is 12.5 Å². The third kappa shape index (κ3) is 2.00. The first-order valence-corrected chi connectivity index (χ1v) is 7.30. The van der Waals surface area contributed by atoms with Crippen molar-refractivity contribution in [1.82, 2.24) is 9.97 Å². The summed E-state index contributed by atoms with van der Waals surface area (Å²) in [7, 11) is 1.74. The molecule has 102 valence electrons. The fourth-order valence-electron chi connectivity index (χ4n) is 2.82. The molecule has 2 aromatic heterocycles. The fourth-order valence-corrected chi connectivity index (χ4v) is 3.70. The fraction of sp³-hybridized carbons (Fsp3) is 0.538. The van der Waals surface area contributed by atoms with Gasteiger partial charge in [-0.15, -0.1) is 11.3 Å². The molecule has 1 saturated carbocycles. The molecule has 0 atom stereocenters. The third-order valence-electron chi connectivity index (χ3n) is 3.86. The summed E-state index contributed by atoms with van der Waals surface area (Å²) in [6, 6.07) is 2.06. The van der Waals surface area contributed by atoms with Gasteiger partial charge < -0.3 is 10.2 Å². The molecule has 2 aromatic rings. The van der Waals surface area contributed by atoms with Gasteiger partial charge in [0.05, 0.1) is 5.39 Å². The minimum absolute atomic E-state index is 0.336. The average Bonchev–Trinajstić information content (AvgIpc) is 3.03. The van der Waals surface area contributed by atoms with E-state index in [1.54, 1.807) is 18.4 Å². The molecular weight excluding hydrogens is 260 g/mol. The maximum Gasteiger partial charge on any atom is 0.164 e. The van der Waals surface area contributed by atoms with E-state index in [1.807, 2.05) is 0 Å². The van der Waals surface area contributed by atoms with Crippen LogP contribution in [-0.4, -0.2) is 17.1 Å². The lowest BCUT2D eigenvalue weighted by Gasteiger charge is -2.25. The SMILES string of the molecule is COC1(c2nc(NN)c3cc(C)sc3n2)CCCC1. The highest BCUT2D eigenvalue weighted by Gasteiger charge is 2.39. The molecule has 0 unspecified atom stereocenters. The van der Waals surface area contributed by atoms with Crippen LogP contribution in [0.2, 0.25) is 0 Å². The van der Waals surface area contributed by atoms with E-state index in [0.29, 0.717) is 5.82 Å². The monoisotopic (exact) mass is 278 g/mol. The predicted octanol–water partition coefficient (Wildman–Crippen LogP) is 2.70. The van der Waals surface area contributed by atoms with Crippen molar-refractivity contribution in [3.8, 4) is 0 Å². The second-order valence-electron chi connectivity index (χ2n) is 5.02. The van der Waals surface area contributed by atoms with Crippen LogP contribution in [0.4, 0.5) is 5.82 Å². The minimum atomic E-state index is -0.336. The summed E-state index contributed by atoms with van der Waals surface area (Å²) in [5, 5.41) is 0.984. The number of methoxy groups -OCH3 is 1. The summed E-state index contributed by atoms with van der Waals surface area (Å²) < 4.78 is 5.75. The molecule has 1 fully saturated rings. The van der Waals surface area contributed by atoms with E-state index >= 15 is 0 Å². The minimum Gasteiger partial charge on any atom is -0.370 e. The Kier molecular flexibility index (Phi) is 3.16. The number of fused-ring (bicyclic) bond motifs is 1. The van der Waals surface area contributed by atoms with E-state index in [2.05, 4.69) is 23.4 Å². The van der Waals surface area contributed by atoms with Crippen molar-refractivity contribution in [2.45, 2.75) is 38.2 Å². The molecule has 0 aliphatic heterocycles. The van der Waals surface area contributed by atoms with Crippen molar-refractivity contribution < 1.29 is 4.74 Å². The van der Waals surface area contributed by atoms with Gasteiger partial charge in [0.1, 0.15) is 10.4 Å². The summed E-state index contributed by atoms with van der Waals surface area (Å²) >= 11 is 1.66. The summed E-state index contributed by atoms with van der Waals surface area (Å²) in [6.07, 6.45) is 4.26. The number of hydrogen-bond donors (Lipinski definition) is 2. The standard InChI is InChI=1S/C13H18N4OS/c1-8-7-9-10(17-14)15-12(16-11(9)19-8)13(18-2)5-3-4-6-13/h7H,3-6,14H2,1-2H3,(H,15,16,17). The number of thiophene rings is 1. The van der Waals surface area contributed by atoms with Crippen molar-refractivity contribution in [3.05, 3.63) is 16.8 Å². The topological polar surface area (TPSA) is 73.1 Å². The molecule has 0 aromatic carbocycles. The number of nitrogens with two attached hydrogens (primary N) is 1. The van der Waals surface area contributed by atoms with Crippen molar-refractivity contribution in [3.63, 3.8) is 0 Å². The van der Waals surface area contributed by atoms with Crippen molar-refractivity contribution >= 4 is 27.4 Å². The molecule has 19 heavy (non-hydrogen) atoms. The van der Waals surface area contributed by atoms with Crippen LogP contribution in [0.25, 0.3) is 10.2 Å². The third-order valence-corrected chi connectivity index (χ3v) is 4.81. The zero-order chi connectivity index (χ0) is 13.5. The molecule has 6 heteroatoms. The zero-order valence-corrected chi connectivity index (χ0v) is 12.0. The van der Waals surface area contributed by atoms with Gasteiger partial charge in [0.15, 0.2) is 11.6 Å². The van der Waals surface area contributed by atoms with Gasteiger partial charge in [-0.1, -0.05) is 0 Å². The molecule has 2 heterocycles. The molecule has 1 aliphatic rings. The second-order valence-corrected chi connectivity index (χ2v) is 6.26. The molecule has 0 saturated heterocycles. The number of aryl methyl sites for hydroxylation is 1. The average molecular weight is 278 g/mol. The number of aromatic nitrogens is 2.